The molecular formula is C15H10ClNO. The van der Waals surface area contributed by atoms with E-state index in [1.165, 1.54) is 11.1 Å². The molecule has 0 saturated carbocycles. The fourth-order valence-corrected chi connectivity index (χ4v) is 2.69. The Labute approximate surface area is 109 Å². The van der Waals surface area contributed by atoms with Gasteiger partial charge >= 0.3 is 0 Å². The highest BCUT2D eigenvalue weighted by Crippen LogP contribution is 2.35. The van der Waals surface area contributed by atoms with Crippen LogP contribution in [0.4, 0.5) is 0 Å². The van der Waals surface area contributed by atoms with Gasteiger partial charge in [0.25, 0.3) is 0 Å². The highest BCUT2D eigenvalue weighted by molar-refractivity contribution is 6.31. The van der Waals surface area contributed by atoms with Crippen LogP contribution in [0, 0.1) is 0 Å². The molecule has 1 aliphatic heterocycles. The number of furan rings is 1. The van der Waals surface area contributed by atoms with Gasteiger partial charge in [-0.1, -0.05) is 23.7 Å². The lowest BCUT2D eigenvalue weighted by Gasteiger charge is -2.11. The second-order valence-corrected chi connectivity index (χ2v) is 4.91. The van der Waals surface area contributed by atoms with E-state index in [-0.39, 0.29) is 0 Å². The maximum absolute atomic E-state index is 6.05. The summed E-state index contributed by atoms with van der Waals surface area (Å²) in [5.41, 5.74) is 4.26. The standard InChI is InChI=1S/C15H10ClNO/c16-10-2-4-14-13(7-10)12-3-1-9-8-17-6-5-11(9)15(12)18-14/h1-7,17H,8H2. The second kappa shape index (κ2) is 3.53. The highest BCUT2D eigenvalue weighted by atomic mass is 35.5. The van der Waals surface area contributed by atoms with E-state index in [1.807, 2.05) is 24.4 Å². The first-order chi connectivity index (χ1) is 8.83. The van der Waals surface area contributed by atoms with Crippen molar-refractivity contribution in [2.75, 3.05) is 0 Å². The first-order valence-corrected chi connectivity index (χ1v) is 6.24. The van der Waals surface area contributed by atoms with Crippen molar-refractivity contribution >= 4 is 39.6 Å². The van der Waals surface area contributed by atoms with E-state index in [9.17, 15) is 0 Å². The van der Waals surface area contributed by atoms with E-state index < -0.39 is 0 Å². The number of benzene rings is 2. The molecule has 1 aromatic heterocycles. The van der Waals surface area contributed by atoms with Gasteiger partial charge in [-0.05, 0) is 36.0 Å². The van der Waals surface area contributed by atoms with Crippen LogP contribution in [0.25, 0.3) is 28.0 Å². The van der Waals surface area contributed by atoms with Crippen LogP contribution in [0.15, 0.2) is 40.9 Å². The van der Waals surface area contributed by atoms with E-state index >= 15 is 0 Å². The topological polar surface area (TPSA) is 25.2 Å². The predicted octanol–water partition coefficient (Wildman–Crippen LogP) is 4.31. The van der Waals surface area contributed by atoms with Crippen molar-refractivity contribution in [1.82, 2.24) is 5.32 Å². The summed E-state index contributed by atoms with van der Waals surface area (Å²) in [6.07, 6.45) is 4.02. The largest absolute Gasteiger partial charge is 0.455 e. The molecule has 2 heterocycles. The minimum Gasteiger partial charge on any atom is -0.455 e. The molecule has 0 radical (unpaired) electrons. The van der Waals surface area contributed by atoms with Crippen molar-refractivity contribution in [3.05, 3.63) is 52.7 Å². The van der Waals surface area contributed by atoms with Crippen LogP contribution in [0.1, 0.15) is 11.1 Å². The molecule has 0 fully saturated rings. The minimum atomic E-state index is 0.736. The van der Waals surface area contributed by atoms with Crippen LogP contribution < -0.4 is 5.32 Å². The van der Waals surface area contributed by atoms with Gasteiger partial charge in [0.1, 0.15) is 11.2 Å². The third-order valence-corrected chi connectivity index (χ3v) is 3.63. The van der Waals surface area contributed by atoms with E-state index in [4.69, 9.17) is 16.0 Å². The third kappa shape index (κ3) is 1.30. The molecule has 0 saturated heterocycles. The number of hydrogen-bond acceptors (Lipinski definition) is 2. The summed E-state index contributed by atoms with van der Waals surface area (Å²) < 4.78 is 5.97. The molecule has 0 aliphatic carbocycles. The Balaban J connectivity index is 2.19. The minimum absolute atomic E-state index is 0.736. The normalized spacial score (nSPS) is 13.8. The van der Waals surface area contributed by atoms with Gasteiger partial charge in [0, 0.05) is 27.9 Å². The molecule has 88 valence electrons. The summed E-state index contributed by atoms with van der Waals surface area (Å²) in [6.45, 7) is 0.847. The Morgan fingerprint density at radius 2 is 2.06 bits per heavy atom. The molecule has 1 aliphatic rings. The van der Waals surface area contributed by atoms with Crippen LogP contribution in [-0.2, 0) is 6.54 Å². The molecule has 0 bridgehead atoms. The molecule has 4 rings (SSSR count). The van der Waals surface area contributed by atoms with Crippen molar-refractivity contribution in [1.29, 1.82) is 0 Å². The van der Waals surface area contributed by atoms with Gasteiger partial charge in [0.2, 0.25) is 0 Å². The monoisotopic (exact) mass is 255 g/mol. The van der Waals surface area contributed by atoms with E-state index in [0.717, 1.165) is 33.5 Å². The molecular weight excluding hydrogens is 246 g/mol. The average molecular weight is 256 g/mol. The number of rotatable bonds is 0. The lowest BCUT2D eigenvalue weighted by molar-refractivity contribution is 0.666. The van der Waals surface area contributed by atoms with Gasteiger partial charge in [-0.3, -0.25) is 0 Å². The molecule has 2 nitrogen and oxygen atoms in total. The van der Waals surface area contributed by atoms with E-state index in [1.54, 1.807) is 0 Å². The van der Waals surface area contributed by atoms with Crippen LogP contribution >= 0.6 is 11.6 Å². The molecule has 0 atom stereocenters. The van der Waals surface area contributed by atoms with Crippen LogP contribution in [0.2, 0.25) is 5.02 Å². The summed E-state index contributed by atoms with van der Waals surface area (Å²) in [6, 6.07) is 9.99. The summed E-state index contributed by atoms with van der Waals surface area (Å²) in [7, 11) is 0. The Bertz CT molecular complexity index is 801. The second-order valence-electron chi connectivity index (χ2n) is 4.47. The summed E-state index contributed by atoms with van der Waals surface area (Å²) >= 11 is 6.05. The summed E-state index contributed by atoms with van der Waals surface area (Å²) in [5, 5.41) is 6.14. The summed E-state index contributed by atoms with van der Waals surface area (Å²) in [4.78, 5) is 0. The molecule has 3 aromatic rings. The van der Waals surface area contributed by atoms with Gasteiger partial charge in [-0.25, -0.2) is 0 Å². The van der Waals surface area contributed by atoms with Crippen LogP contribution in [0.5, 0.6) is 0 Å². The van der Waals surface area contributed by atoms with Gasteiger partial charge in [0.05, 0.1) is 0 Å². The molecule has 0 amide bonds. The Morgan fingerprint density at radius 3 is 3.00 bits per heavy atom. The van der Waals surface area contributed by atoms with E-state index in [2.05, 4.69) is 23.5 Å². The first kappa shape index (κ1) is 10.0. The van der Waals surface area contributed by atoms with Crippen molar-refractivity contribution < 1.29 is 4.42 Å². The van der Waals surface area contributed by atoms with Crippen molar-refractivity contribution in [3.63, 3.8) is 0 Å². The Kier molecular flexibility index (Phi) is 1.97. The van der Waals surface area contributed by atoms with E-state index in [0.29, 0.717) is 0 Å². The molecule has 18 heavy (non-hydrogen) atoms. The fraction of sp³-hybridized carbons (Fsp3) is 0.0667. The lowest BCUT2D eigenvalue weighted by Crippen LogP contribution is -2.09. The molecule has 3 heteroatoms. The number of halogens is 1. The zero-order chi connectivity index (χ0) is 12.1. The average Bonchev–Trinajstić information content (AvgIpc) is 2.77. The number of fused-ring (bicyclic) bond motifs is 5. The fourth-order valence-electron chi connectivity index (χ4n) is 2.52. The SMILES string of the molecule is Clc1ccc2oc3c4c(ccc3c2c1)CNC=C4. The molecule has 1 N–H and O–H groups in total. The molecule has 0 spiro atoms. The van der Waals surface area contributed by atoms with Gasteiger partial charge in [0.15, 0.2) is 0 Å². The van der Waals surface area contributed by atoms with Crippen molar-refractivity contribution in [2.45, 2.75) is 6.54 Å². The number of hydrogen-bond donors (Lipinski definition) is 1. The maximum atomic E-state index is 6.05. The van der Waals surface area contributed by atoms with Crippen molar-refractivity contribution in [2.24, 2.45) is 0 Å². The maximum Gasteiger partial charge on any atom is 0.143 e. The predicted molar refractivity (Wildman–Crippen MR) is 74.6 cm³/mol. The zero-order valence-electron chi connectivity index (χ0n) is 9.53. The first-order valence-electron chi connectivity index (χ1n) is 5.86. The Morgan fingerprint density at radius 1 is 1.11 bits per heavy atom. The third-order valence-electron chi connectivity index (χ3n) is 3.39. The van der Waals surface area contributed by atoms with Gasteiger partial charge in [-0.2, -0.15) is 0 Å². The molecule has 2 aromatic carbocycles. The van der Waals surface area contributed by atoms with Crippen LogP contribution in [-0.4, -0.2) is 0 Å². The lowest BCUT2D eigenvalue weighted by atomic mass is 10.0. The highest BCUT2D eigenvalue weighted by Gasteiger charge is 2.14. The Hall–Kier alpha value is -1.93. The van der Waals surface area contributed by atoms with Gasteiger partial charge in [-0.15, -0.1) is 0 Å². The molecule has 0 unspecified atom stereocenters. The zero-order valence-corrected chi connectivity index (χ0v) is 10.3. The number of nitrogens with one attached hydrogen (secondary N) is 1. The summed E-state index contributed by atoms with van der Waals surface area (Å²) in [5.74, 6) is 0. The van der Waals surface area contributed by atoms with Crippen LogP contribution in [0.3, 0.4) is 0 Å². The van der Waals surface area contributed by atoms with Crippen molar-refractivity contribution in [3.8, 4) is 0 Å². The smallest absolute Gasteiger partial charge is 0.143 e. The quantitative estimate of drug-likeness (QED) is 0.647. The van der Waals surface area contributed by atoms with Gasteiger partial charge < -0.3 is 9.73 Å².